The third kappa shape index (κ3) is 4.34. The zero-order valence-corrected chi connectivity index (χ0v) is 13.1. The lowest BCUT2D eigenvalue weighted by molar-refractivity contribution is -0.139. The summed E-state index contributed by atoms with van der Waals surface area (Å²) >= 11 is 0. The predicted molar refractivity (Wildman–Crippen MR) is 81.2 cm³/mol. The van der Waals surface area contributed by atoms with Crippen molar-refractivity contribution in [2.24, 2.45) is 0 Å². The second-order valence-electron chi connectivity index (χ2n) is 5.88. The van der Waals surface area contributed by atoms with Gasteiger partial charge in [0.2, 0.25) is 0 Å². The summed E-state index contributed by atoms with van der Waals surface area (Å²) in [5, 5.41) is 15.4. The number of hydrogen-bond donors (Lipinski definition) is 3. The van der Waals surface area contributed by atoms with Gasteiger partial charge in [-0.3, -0.25) is 9.59 Å². The van der Waals surface area contributed by atoms with Crippen molar-refractivity contribution in [3.8, 4) is 0 Å². The SMILES string of the molecule is Cc1cc(C(O)CCNC(=O)C(=O)NC2CCCC2)c(C)o1. The number of aliphatic hydroxyl groups is 1. The molecule has 1 fully saturated rings. The molecule has 1 unspecified atom stereocenters. The van der Waals surface area contributed by atoms with E-state index in [2.05, 4.69) is 10.6 Å². The van der Waals surface area contributed by atoms with E-state index in [1.54, 1.807) is 13.0 Å². The first-order valence-electron chi connectivity index (χ1n) is 7.81. The van der Waals surface area contributed by atoms with Crippen LogP contribution in [0.3, 0.4) is 0 Å². The fourth-order valence-corrected chi connectivity index (χ4v) is 2.86. The van der Waals surface area contributed by atoms with Crippen LogP contribution in [0, 0.1) is 13.8 Å². The lowest BCUT2D eigenvalue weighted by atomic mass is 10.1. The maximum absolute atomic E-state index is 11.7. The molecule has 1 aliphatic rings. The summed E-state index contributed by atoms with van der Waals surface area (Å²) in [5.74, 6) is 0.192. The highest BCUT2D eigenvalue weighted by atomic mass is 16.3. The van der Waals surface area contributed by atoms with Gasteiger partial charge < -0.3 is 20.2 Å². The van der Waals surface area contributed by atoms with Crippen molar-refractivity contribution in [1.82, 2.24) is 10.6 Å². The molecule has 1 heterocycles. The molecule has 122 valence electrons. The van der Waals surface area contributed by atoms with Gasteiger partial charge >= 0.3 is 11.8 Å². The van der Waals surface area contributed by atoms with Crippen LogP contribution in [0.25, 0.3) is 0 Å². The Kier molecular flexibility index (Phi) is 5.60. The van der Waals surface area contributed by atoms with Gasteiger partial charge in [-0.05, 0) is 39.2 Å². The monoisotopic (exact) mass is 308 g/mol. The largest absolute Gasteiger partial charge is 0.466 e. The van der Waals surface area contributed by atoms with Crippen LogP contribution < -0.4 is 10.6 Å². The van der Waals surface area contributed by atoms with Gasteiger partial charge in [-0.25, -0.2) is 0 Å². The van der Waals surface area contributed by atoms with E-state index in [0.717, 1.165) is 37.0 Å². The zero-order chi connectivity index (χ0) is 16.1. The molecule has 6 heteroatoms. The molecule has 0 radical (unpaired) electrons. The Labute approximate surface area is 130 Å². The quantitative estimate of drug-likeness (QED) is 0.719. The Bertz CT molecular complexity index is 532. The molecule has 22 heavy (non-hydrogen) atoms. The standard InChI is InChI=1S/C16H24N2O4/c1-10-9-13(11(2)22-10)14(19)7-8-17-15(20)16(21)18-12-5-3-4-6-12/h9,12,14,19H,3-8H2,1-2H3,(H,17,20)(H,18,21). The molecule has 2 rings (SSSR count). The summed E-state index contributed by atoms with van der Waals surface area (Å²) in [5.41, 5.74) is 0.724. The molecule has 0 saturated heterocycles. The lowest BCUT2D eigenvalue weighted by Crippen LogP contribution is -2.44. The van der Waals surface area contributed by atoms with Gasteiger partial charge in [-0.15, -0.1) is 0 Å². The summed E-state index contributed by atoms with van der Waals surface area (Å²) in [6, 6.07) is 1.91. The van der Waals surface area contributed by atoms with Gasteiger partial charge in [0.15, 0.2) is 0 Å². The zero-order valence-electron chi connectivity index (χ0n) is 13.1. The molecule has 1 aliphatic carbocycles. The first kappa shape index (κ1) is 16.5. The van der Waals surface area contributed by atoms with Crippen LogP contribution in [0.4, 0.5) is 0 Å². The molecule has 1 aromatic rings. The Balaban J connectivity index is 1.72. The Morgan fingerprint density at radius 1 is 1.32 bits per heavy atom. The predicted octanol–water partition coefficient (Wildman–Crippen LogP) is 1.49. The van der Waals surface area contributed by atoms with Crippen molar-refractivity contribution in [1.29, 1.82) is 0 Å². The van der Waals surface area contributed by atoms with E-state index in [4.69, 9.17) is 4.42 Å². The number of aryl methyl sites for hydroxylation is 2. The van der Waals surface area contributed by atoms with Crippen LogP contribution in [-0.2, 0) is 9.59 Å². The average Bonchev–Trinajstić information content (AvgIpc) is 3.08. The minimum Gasteiger partial charge on any atom is -0.466 e. The van der Waals surface area contributed by atoms with Gasteiger partial charge in [0.1, 0.15) is 11.5 Å². The molecule has 3 N–H and O–H groups in total. The molecule has 2 amide bonds. The molecule has 0 aliphatic heterocycles. The fraction of sp³-hybridized carbons (Fsp3) is 0.625. The third-order valence-electron chi connectivity index (χ3n) is 4.04. The minimum atomic E-state index is -0.712. The topological polar surface area (TPSA) is 91.6 Å². The van der Waals surface area contributed by atoms with Gasteiger partial charge in [0.05, 0.1) is 6.10 Å². The van der Waals surface area contributed by atoms with Crippen molar-refractivity contribution in [2.45, 2.75) is 58.1 Å². The van der Waals surface area contributed by atoms with Crippen LogP contribution >= 0.6 is 0 Å². The van der Waals surface area contributed by atoms with E-state index in [0.29, 0.717) is 12.2 Å². The highest BCUT2D eigenvalue weighted by Gasteiger charge is 2.21. The van der Waals surface area contributed by atoms with Crippen LogP contribution in [0.5, 0.6) is 0 Å². The molecule has 1 saturated carbocycles. The molecule has 1 atom stereocenters. The summed E-state index contributed by atoms with van der Waals surface area (Å²) in [6.07, 6.45) is 3.70. The maximum atomic E-state index is 11.7. The van der Waals surface area contributed by atoms with Crippen molar-refractivity contribution < 1.29 is 19.1 Å². The Morgan fingerprint density at radius 2 is 2.00 bits per heavy atom. The van der Waals surface area contributed by atoms with Gasteiger partial charge in [-0.2, -0.15) is 0 Å². The van der Waals surface area contributed by atoms with Crippen LogP contribution in [-0.4, -0.2) is 29.5 Å². The molecular formula is C16H24N2O4. The Hall–Kier alpha value is -1.82. The highest BCUT2D eigenvalue weighted by Crippen LogP contribution is 2.23. The summed E-state index contributed by atoms with van der Waals surface area (Å²) in [7, 11) is 0. The van der Waals surface area contributed by atoms with Crippen LogP contribution in [0.2, 0.25) is 0 Å². The molecule has 0 bridgehead atoms. The van der Waals surface area contributed by atoms with Gasteiger partial charge in [0.25, 0.3) is 0 Å². The number of carbonyl (C=O) groups excluding carboxylic acids is 2. The first-order valence-corrected chi connectivity index (χ1v) is 7.81. The number of hydrogen-bond acceptors (Lipinski definition) is 4. The van der Waals surface area contributed by atoms with Crippen LogP contribution in [0.1, 0.15) is 55.3 Å². The molecular weight excluding hydrogens is 284 g/mol. The Morgan fingerprint density at radius 3 is 2.59 bits per heavy atom. The smallest absolute Gasteiger partial charge is 0.309 e. The van der Waals surface area contributed by atoms with Crippen molar-refractivity contribution >= 4 is 11.8 Å². The van der Waals surface area contributed by atoms with Crippen LogP contribution in [0.15, 0.2) is 10.5 Å². The second-order valence-corrected chi connectivity index (χ2v) is 5.88. The van der Waals surface area contributed by atoms with Gasteiger partial charge in [-0.1, -0.05) is 12.8 Å². The number of nitrogens with one attached hydrogen (secondary N) is 2. The summed E-state index contributed by atoms with van der Waals surface area (Å²) in [4.78, 5) is 23.4. The number of furan rings is 1. The van der Waals surface area contributed by atoms with Gasteiger partial charge in [0, 0.05) is 18.2 Å². The molecule has 0 aromatic carbocycles. The normalized spacial score (nSPS) is 16.5. The van der Waals surface area contributed by atoms with E-state index in [9.17, 15) is 14.7 Å². The number of rotatable bonds is 5. The average molecular weight is 308 g/mol. The fourth-order valence-electron chi connectivity index (χ4n) is 2.86. The van der Waals surface area contributed by atoms with E-state index < -0.39 is 17.9 Å². The molecule has 1 aromatic heterocycles. The summed E-state index contributed by atoms with van der Waals surface area (Å²) < 4.78 is 5.36. The lowest BCUT2D eigenvalue weighted by Gasteiger charge is -2.13. The molecule has 6 nitrogen and oxygen atoms in total. The van der Waals surface area contributed by atoms with E-state index in [-0.39, 0.29) is 12.6 Å². The van der Waals surface area contributed by atoms with E-state index in [1.165, 1.54) is 0 Å². The maximum Gasteiger partial charge on any atom is 0.309 e. The highest BCUT2D eigenvalue weighted by molar-refractivity contribution is 6.35. The summed E-state index contributed by atoms with van der Waals surface area (Å²) in [6.45, 7) is 3.85. The van der Waals surface area contributed by atoms with Crippen molar-refractivity contribution in [2.75, 3.05) is 6.54 Å². The van der Waals surface area contributed by atoms with Crippen molar-refractivity contribution in [3.05, 3.63) is 23.2 Å². The first-order chi connectivity index (χ1) is 10.5. The number of amides is 2. The van der Waals surface area contributed by atoms with E-state index >= 15 is 0 Å². The third-order valence-corrected chi connectivity index (χ3v) is 4.04. The minimum absolute atomic E-state index is 0.125. The van der Waals surface area contributed by atoms with E-state index in [1.807, 2.05) is 6.92 Å². The number of aliphatic hydroxyl groups excluding tert-OH is 1. The molecule has 0 spiro atoms. The second kappa shape index (κ2) is 7.45. The van der Waals surface area contributed by atoms with Crippen molar-refractivity contribution in [3.63, 3.8) is 0 Å². The number of carbonyl (C=O) groups is 2.